The van der Waals surface area contributed by atoms with Crippen molar-refractivity contribution in [2.45, 2.75) is 19.4 Å². The van der Waals surface area contributed by atoms with E-state index in [-0.39, 0.29) is 24.6 Å². The predicted octanol–water partition coefficient (Wildman–Crippen LogP) is 1.74. The summed E-state index contributed by atoms with van der Waals surface area (Å²) < 4.78 is 17.2. The number of amides is 1. The zero-order valence-electron chi connectivity index (χ0n) is 10.5. The van der Waals surface area contributed by atoms with Crippen molar-refractivity contribution in [2.75, 3.05) is 14.2 Å². The van der Waals surface area contributed by atoms with Gasteiger partial charge in [-0.2, -0.15) is 0 Å². The number of hydrogen-bond acceptors (Lipinski definition) is 3. The van der Waals surface area contributed by atoms with Gasteiger partial charge >= 0.3 is 5.97 Å². The van der Waals surface area contributed by atoms with Gasteiger partial charge < -0.3 is 9.64 Å². The van der Waals surface area contributed by atoms with Crippen molar-refractivity contribution in [3.05, 3.63) is 35.6 Å². The van der Waals surface area contributed by atoms with Crippen LogP contribution in [0.4, 0.5) is 4.39 Å². The summed E-state index contributed by atoms with van der Waals surface area (Å²) in [6.07, 6.45) is 0.188. The number of benzene rings is 1. The molecule has 0 atom stereocenters. The Kier molecular flexibility index (Phi) is 5.30. The number of halogens is 1. The molecule has 0 unspecified atom stereocenters. The molecule has 0 aromatic heterocycles. The largest absolute Gasteiger partial charge is 0.469 e. The maximum atomic E-state index is 12.7. The summed E-state index contributed by atoms with van der Waals surface area (Å²) in [5.74, 6) is -0.860. The Balaban J connectivity index is 2.44. The number of ether oxygens (including phenoxy) is 1. The lowest BCUT2D eigenvalue weighted by Gasteiger charge is -2.16. The lowest BCUT2D eigenvalue weighted by atomic mass is 10.2. The minimum Gasteiger partial charge on any atom is -0.469 e. The SMILES string of the molecule is COC(=O)CCC(=O)N(C)Cc1ccc(F)cc1. The van der Waals surface area contributed by atoms with E-state index in [9.17, 15) is 14.0 Å². The van der Waals surface area contributed by atoms with Crippen molar-refractivity contribution in [3.63, 3.8) is 0 Å². The van der Waals surface area contributed by atoms with Gasteiger partial charge in [-0.3, -0.25) is 9.59 Å². The van der Waals surface area contributed by atoms with Gasteiger partial charge in [0.05, 0.1) is 13.5 Å². The van der Waals surface area contributed by atoms with Crippen LogP contribution >= 0.6 is 0 Å². The molecule has 0 saturated carbocycles. The first-order valence-corrected chi connectivity index (χ1v) is 5.58. The van der Waals surface area contributed by atoms with Crippen LogP contribution in [0.25, 0.3) is 0 Å². The highest BCUT2D eigenvalue weighted by molar-refractivity contribution is 5.81. The van der Waals surface area contributed by atoms with E-state index in [1.807, 2.05) is 0 Å². The monoisotopic (exact) mass is 253 g/mol. The maximum absolute atomic E-state index is 12.7. The molecule has 0 radical (unpaired) electrons. The lowest BCUT2D eigenvalue weighted by Crippen LogP contribution is -2.26. The van der Waals surface area contributed by atoms with Gasteiger partial charge in [0.2, 0.25) is 5.91 Å². The van der Waals surface area contributed by atoms with E-state index in [1.54, 1.807) is 19.2 Å². The van der Waals surface area contributed by atoms with Crippen LogP contribution in [0, 0.1) is 5.82 Å². The second-order valence-electron chi connectivity index (χ2n) is 3.95. The molecule has 1 rings (SSSR count). The average Bonchev–Trinajstić information content (AvgIpc) is 2.38. The molecular weight excluding hydrogens is 237 g/mol. The number of esters is 1. The van der Waals surface area contributed by atoms with Crippen LogP contribution in [-0.4, -0.2) is 30.9 Å². The first kappa shape index (κ1) is 14.2. The Morgan fingerprint density at radius 3 is 2.39 bits per heavy atom. The molecular formula is C13H16FNO3. The van der Waals surface area contributed by atoms with Crippen molar-refractivity contribution in [2.24, 2.45) is 0 Å². The second kappa shape index (κ2) is 6.74. The fourth-order valence-corrected chi connectivity index (χ4v) is 1.45. The summed E-state index contributed by atoms with van der Waals surface area (Å²) in [5.41, 5.74) is 0.838. The third kappa shape index (κ3) is 4.53. The summed E-state index contributed by atoms with van der Waals surface area (Å²) >= 11 is 0. The Labute approximate surface area is 105 Å². The summed E-state index contributed by atoms with van der Waals surface area (Å²) in [4.78, 5) is 24.1. The average molecular weight is 253 g/mol. The number of rotatable bonds is 5. The fourth-order valence-electron chi connectivity index (χ4n) is 1.45. The number of hydrogen-bond donors (Lipinski definition) is 0. The van der Waals surface area contributed by atoms with Crippen LogP contribution in [0.5, 0.6) is 0 Å². The van der Waals surface area contributed by atoms with Crippen LogP contribution in [0.3, 0.4) is 0 Å². The molecule has 0 N–H and O–H groups in total. The minimum absolute atomic E-state index is 0.0725. The summed E-state index contributed by atoms with van der Waals surface area (Å²) in [7, 11) is 2.93. The van der Waals surface area contributed by atoms with Gasteiger partial charge in [-0.05, 0) is 17.7 Å². The molecule has 0 fully saturated rings. The third-order valence-corrected chi connectivity index (χ3v) is 2.53. The molecule has 1 aromatic rings. The molecule has 0 saturated heterocycles. The summed E-state index contributed by atoms with van der Waals surface area (Å²) in [6, 6.07) is 5.95. The Hall–Kier alpha value is -1.91. The van der Waals surface area contributed by atoms with Gasteiger partial charge in [-0.15, -0.1) is 0 Å². The summed E-state index contributed by atoms with van der Waals surface area (Å²) in [6.45, 7) is 0.389. The minimum atomic E-state index is -0.404. The highest BCUT2D eigenvalue weighted by Crippen LogP contribution is 2.07. The molecule has 1 amide bonds. The number of carbonyl (C=O) groups excluding carboxylic acids is 2. The van der Waals surface area contributed by atoms with Gasteiger partial charge in [0.15, 0.2) is 0 Å². The topological polar surface area (TPSA) is 46.6 Å². The number of carbonyl (C=O) groups is 2. The van der Waals surface area contributed by atoms with Crippen LogP contribution in [-0.2, 0) is 20.9 Å². The van der Waals surface area contributed by atoms with Crippen molar-refractivity contribution in [3.8, 4) is 0 Å². The highest BCUT2D eigenvalue weighted by Gasteiger charge is 2.11. The Bertz CT molecular complexity index is 417. The van der Waals surface area contributed by atoms with Crippen molar-refractivity contribution >= 4 is 11.9 Å². The van der Waals surface area contributed by atoms with E-state index in [2.05, 4.69) is 4.74 Å². The van der Waals surface area contributed by atoms with E-state index in [0.29, 0.717) is 6.54 Å². The molecule has 5 heteroatoms. The molecule has 0 bridgehead atoms. The highest BCUT2D eigenvalue weighted by atomic mass is 19.1. The molecule has 0 spiro atoms. The van der Waals surface area contributed by atoms with Gasteiger partial charge in [-0.25, -0.2) is 4.39 Å². The zero-order valence-corrected chi connectivity index (χ0v) is 10.5. The first-order chi connectivity index (χ1) is 8.52. The smallest absolute Gasteiger partial charge is 0.306 e. The number of methoxy groups -OCH3 is 1. The predicted molar refractivity (Wildman–Crippen MR) is 64.1 cm³/mol. The van der Waals surface area contributed by atoms with E-state index in [0.717, 1.165) is 5.56 Å². The van der Waals surface area contributed by atoms with E-state index < -0.39 is 5.97 Å². The molecule has 0 aliphatic heterocycles. The van der Waals surface area contributed by atoms with E-state index in [1.165, 1.54) is 24.1 Å². The van der Waals surface area contributed by atoms with Crippen molar-refractivity contribution in [1.29, 1.82) is 0 Å². The van der Waals surface area contributed by atoms with E-state index >= 15 is 0 Å². The molecule has 1 aromatic carbocycles. The molecule has 98 valence electrons. The number of nitrogens with zero attached hydrogens (tertiary/aromatic N) is 1. The first-order valence-electron chi connectivity index (χ1n) is 5.58. The lowest BCUT2D eigenvalue weighted by molar-refractivity contribution is -0.143. The van der Waals surface area contributed by atoms with Crippen LogP contribution in [0.1, 0.15) is 18.4 Å². The normalized spacial score (nSPS) is 9.94. The molecule has 0 aliphatic rings. The van der Waals surface area contributed by atoms with Gasteiger partial charge in [-0.1, -0.05) is 12.1 Å². The van der Waals surface area contributed by atoms with Crippen LogP contribution < -0.4 is 0 Å². The van der Waals surface area contributed by atoms with E-state index in [4.69, 9.17) is 0 Å². The van der Waals surface area contributed by atoms with Crippen LogP contribution in [0.2, 0.25) is 0 Å². The van der Waals surface area contributed by atoms with Crippen molar-refractivity contribution in [1.82, 2.24) is 4.90 Å². The zero-order chi connectivity index (χ0) is 13.5. The molecule has 0 aliphatic carbocycles. The molecule has 4 nitrogen and oxygen atoms in total. The maximum Gasteiger partial charge on any atom is 0.306 e. The Morgan fingerprint density at radius 2 is 1.83 bits per heavy atom. The quantitative estimate of drug-likeness (QED) is 0.751. The van der Waals surface area contributed by atoms with Crippen LogP contribution in [0.15, 0.2) is 24.3 Å². The molecule has 18 heavy (non-hydrogen) atoms. The fraction of sp³-hybridized carbons (Fsp3) is 0.385. The Morgan fingerprint density at radius 1 is 1.22 bits per heavy atom. The van der Waals surface area contributed by atoms with Gasteiger partial charge in [0, 0.05) is 20.0 Å². The van der Waals surface area contributed by atoms with Gasteiger partial charge in [0.1, 0.15) is 5.82 Å². The third-order valence-electron chi connectivity index (χ3n) is 2.53. The standard InChI is InChI=1S/C13H16FNO3/c1-15(12(16)7-8-13(17)18-2)9-10-3-5-11(14)6-4-10/h3-6H,7-9H2,1-2H3. The summed E-state index contributed by atoms with van der Waals surface area (Å²) in [5, 5.41) is 0. The second-order valence-corrected chi connectivity index (χ2v) is 3.95. The molecule has 0 heterocycles. The van der Waals surface area contributed by atoms with Crippen molar-refractivity contribution < 1.29 is 18.7 Å². The van der Waals surface area contributed by atoms with Gasteiger partial charge in [0.25, 0.3) is 0 Å².